The minimum atomic E-state index is -0.521. The average Bonchev–Trinajstić information content (AvgIpc) is 3.01. The Kier molecular flexibility index (Phi) is 3.97. The van der Waals surface area contributed by atoms with E-state index in [4.69, 9.17) is 0 Å². The fourth-order valence-corrected chi connectivity index (χ4v) is 2.20. The molecule has 0 aliphatic carbocycles. The van der Waals surface area contributed by atoms with Gasteiger partial charge in [0, 0.05) is 10.7 Å². The van der Waals surface area contributed by atoms with Crippen molar-refractivity contribution >= 4 is 27.5 Å². The summed E-state index contributed by atoms with van der Waals surface area (Å²) in [7, 11) is 0. The van der Waals surface area contributed by atoms with E-state index in [1.807, 2.05) is 6.07 Å². The molecule has 7 heteroatoms. The normalized spacial score (nSPS) is 10.5. The minimum absolute atomic E-state index is 0.0992. The van der Waals surface area contributed by atoms with E-state index in [0.717, 1.165) is 0 Å². The third-order valence-electron chi connectivity index (χ3n) is 2.93. The molecule has 0 saturated carbocycles. The van der Waals surface area contributed by atoms with Crippen molar-refractivity contribution in [2.45, 2.75) is 0 Å². The molecule has 3 rings (SSSR count). The fourth-order valence-electron chi connectivity index (χ4n) is 1.86. The van der Waals surface area contributed by atoms with Gasteiger partial charge in [0.25, 0.3) is 5.91 Å². The second-order valence-electron chi connectivity index (χ2n) is 4.46. The number of rotatable bonds is 3. The van der Waals surface area contributed by atoms with Crippen LogP contribution in [0.4, 0.5) is 10.1 Å². The molecule has 0 bridgehead atoms. The summed E-state index contributed by atoms with van der Waals surface area (Å²) in [6.07, 6.45) is 1.64. The monoisotopic (exact) mass is 360 g/mol. The molecular weight excluding hydrogens is 351 g/mol. The summed E-state index contributed by atoms with van der Waals surface area (Å²) in [5.74, 6) is -0.997. The highest BCUT2D eigenvalue weighted by atomic mass is 79.9. The van der Waals surface area contributed by atoms with Crippen molar-refractivity contribution in [1.82, 2.24) is 15.2 Å². The first-order valence-corrected chi connectivity index (χ1v) is 7.16. The maximum absolute atomic E-state index is 13.7. The molecule has 0 aliphatic heterocycles. The fraction of sp³-hybridized carbons (Fsp3) is 0. The third-order valence-corrected chi connectivity index (χ3v) is 3.42. The number of benzene rings is 1. The van der Waals surface area contributed by atoms with Crippen molar-refractivity contribution in [3.05, 3.63) is 64.6 Å². The number of carbonyl (C=O) groups is 1. The molecule has 3 aromatic rings. The van der Waals surface area contributed by atoms with Crippen molar-refractivity contribution in [2.75, 3.05) is 5.32 Å². The summed E-state index contributed by atoms with van der Waals surface area (Å²) in [6, 6.07) is 11.4. The maximum atomic E-state index is 13.7. The predicted molar refractivity (Wildman–Crippen MR) is 83.9 cm³/mol. The van der Waals surface area contributed by atoms with E-state index < -0.39 is 11.7 Å². The lowest BCUT2D eigenvalue weighted by atomic mass is 10.2. The number of halogens is 2. The van der Waals surface area contributed by atoms with E-state index in [1.54, 1.807) is 30.5 Å². The molecule has 1 amide bonds. The number of nitrogens with zero attached hydrogens (tertiary/aromatic N) is 2. The van der Waals surface area contributed by atoms with Gasteiger partial charge < -0.3 is 5.32 Å². The number of amides is 1. The Morgan fingerprint density at radius 3 is 2.77 bits per heavy atom. The Labute approximate surface area is 133 Å². The minimum Gasteiger partial charge on any atom is -0.318 e. The second-order valence-corrected chi connectivity index (χ2v) is 5.38. The van der Waals surface area contributed by atoms with Crippen LogP contribution in [-0.4, -0.2) is 21.1 Å². The van der Waals surface area contributed by atoms with Crippen LogP contribution in [0.15, 0.2) is 53.1 Å². The number of carbonyl (C=O) groups excluding carboxylic acids is 1. The lowest BCUT2D eigenvalue weighted by Gasteiger charge is -2.04. The number of hydrogen-bond donors (Lipinski definition) is 2. The maximum Gasteiger partial charge on any atom is 0.273 e. The van der Waals surface area contributed by atoms with Gasteiger partial charge in [0.05, 0.1) is 11.4 Å². The van der Waals surface area contributed by atoms with E-state index >= 15 is 0 Å². The Balaban J connectivity index is 1.80. The van der Waals surface area contributed by atoms with E-state index in [-0.39, 0.29) is 11.4 Å². The van der Waals surface area contributed by atoms with E-state index in [2.05, 4.69) is 36.4 Å². The van der Waals surface area contributed by atoms with E-state index in [0.29, 0.717) is 15.9 Å². The first kappa shape index (κ1) is 14.4. The molecule has 0 fully saturated rings. The van der Waals surface area contributed by atoms with Gasteiger partial charge in [0.15, 0.2) is 0 Å². The molecule has 1 aromatic carbocycles. The van der Waals surface area contributed by atoms with Crippen LogP contribution in [0.1, 0.15) is 10.5 Å². The standard InChI is InChI=1S/C15H10BrFN4O/c16-9-4-5-11(10(17)7-9)19-15(22)14-8-13(20-21-14)12-3-1-2-6-18-12/h1-8H,(H,19,22)(H,20,21). The molecule has 110 valence electrons. The van der Waals surface area contributed by atoms with Crippen molar-refractivity contribution in [2.24, 2.45) is 0 Å². The van der Waals surface area contributed by atoms with Gasteiger partial charge in [-0.05, 0) is 36.4 Å². The number of pyridine rings is 1. The van der Waals surface area contributed by atoms with E-state index in [1.165, 1.54) is 12.1 Å². The molecule has 0 aliphatic rings. The number of anilines is 1. The summed E-state index contributed by atoms with van der Waals surface area (Å²) in [6.45, 7) is 0. The van der Waals surface area contributed by atoms with Gasteiger partial charge in [-0.15, -0.1) is 0 Å². The molecule has 2 heterocycles. The molecule has 0 atom stereocenters. The molecule has 0 radical (unpaired) electrons. The Hall–Kier alpha value is -2.54. The van der Waals surface area contributed by atoms with Crippen LogP contribution in [0.2, 0.25) is 0 Å². The van der Waals surface area contributed by atoms with Crippen LogP contribution in [0.5, 0.6) is 0 Å². The second kappa shape index (κ2) is 6.07. The lowest BCUT2D eigenvalue weighted by Crippen LogP contribution is -2.13. The first-order chi connectivity index (χ1) is 10.6. The van der Waals surface area contributed by atoms with E-state index in [9.17, 15) is 9.18 Å². The SMILES string of the molecule is O=C(Nc1ccc(Br)cc1F)c1cc(-c2ccccn2)n[nH]1. The quantitative estimate of drug-likeness (QED) is 0.749. The van der Waals surface area contributed by atoms with Gasteiger partial charge in [0.1, 0.15) is 17.2 Å². The topological polar surface area (TPSA) is 70.7 Å². The summed E-state index contributed by atoms with van der Waals surface area (Å²) >= 11 is 3.16. The molecule has 0 saturated heterocycles. The zero-order valence-corrected chi connectivity index (χ0v) is 12.8. The van der Waals surface area contributed by atoms with Crippen LogP contribution in [0.25, 0.3) is 11.4 Å². The zero-order chi connectivity index (χ0) is 15.5. The smallest absolute Gasteiger partial charge is 0.273 e. The molecule has 0 unspecified atom stereocenters. The number of aromatic nitrogens is 3. The van der Waals surface area contributed by atoms with Crippen molar-refractivity contribution in [1.29, 1.82) is 0 Å². The van der Waals surface area contributed by atoms with Gasteiger partial charge in [-0.2, -0.15) is 5.10 Å². The van der Waals surface area contributed by atoms with Crippen molar-refractivity contribution in [3.8, 4) is 11.4 Å². The molecule has 2 aromatic heterocycles. The number of H-pyrrole nitrogens is 1. The molecule has 2 N–H and O–H groups in total. The highest BCUT2D eigenvalue weighted by Crippen LogP contribution is 2.20. The molecule has 0 spiro atoms. The summed E-state index contributed by atoms with van der Waals surface area (Å²) in [4.78, 5) is 16.3. The molecule has 22 heavy (non-hydrogen) atoms. The summed E-state index contributed by atoms with van der Waals surface area (Å²) < 4.78 is 14.3. The number of hydrogen-bond acceptors (Lipinski definition) is 3. The summed E-state index contributed by atoms with van der Waals surface area (Å²) in [5, 5.41) is 9.15. The highest BCUT2D eigenvalue weighted by Gasteiger charge is 2.13. The lowest BCUT2D eigenvalue weighted by molar-refractivity contribution is 0.102. The van der Waals surface area contributed by atoms with Crippen LogP contribution in [0.3, 0.4) is 0 Å². The van der Waals surface area contributed by atoms with Crippen LogP contribution >= 0.6 is 15.9 Å². The van der Waals surface area contributed by atoms with Crippen molar-refractivity contribution in [3.63, 3.8) is 0 Å². The van der Waals surface area contributed by atoms with Gasteiger partial charge in [-0.1, -0.05) is 22.0 Å². The highest BCUT2D eigenvalue weighted by molar-refractivity contribution is 9.10. The Morgan fingerprint density at radius 1 is 1.18 bits per heavy atom. The van der Waals surface area contributed by atoms with Crippen molar-refractivity contribution < 1.29 is 9.18 Å². The molecule has 5 nitrogen and oxygen atoms in total. The predicted octanol–water partition coefficient (Wildman–Crippen LogP) is 3.63. The molecular formula is C15H10BrFN4O. The number of nitrogens with one attached hydrogen (secondary N) is 2. The van der Waals surface area contributed by atoms with Gasteiger partial charge in [0.2, 0.25) is 0 Å². The summed E-state index contributed by atoms with van der Waals surface area (Å²) in [5.41, 5.74) is 1.51. The van der Waals surface area contributed by atoms with Gasteiger partial charge in [-0.3, -0.25) is 14.9 Å². The van der Waals surface area contributed by atoms with Gasteiger partial charge in [-0.25, -0.2) is 4.39 Å². The Morgan fingerprint density at radius 2 is 2.05 bits per heavy atom. The van der Waals surface area contributed by atoms with Gasteiger partial charge >= 0.3 is 0 Å². The third kappa shape index (κ3) is 3.04. The Bertz CT molecular complexity index is 819. The average molecular weight is 361 g/mol. The van der Waals surface area contributed by atoms with Crippen LogP contribution < -0.4 is 5.32 Å². The first-order valence-electron chi connectivity index (χ1n) is 6.37. The zero-order valence-electron chi connectivity index (χ0n) is 11.2. The van der Waals surface area contributed by atoms with Crippen LogP contribution in [0, 0.1) is 5.82 Å². The number of aromatic amines is 1. The largest absolute Gasteiger partial charge is 0.318 e. The van der Waals surface area contributed by atoms with Crippen LogP contribution in [-0.2, 0) is 0 Å².